The molecule has 8 fully saturated rings. The van der Waals surface area contributed by atoms with Crippen LogP contribution in [0.5, 0.6) is 0 Å². The second-order valence-corrected chi connectivity index (χ2v) is 36.6. The van der Waals surface area contributed by atoms with E-state index in [1.54, 1.807) is 46.9 Å². The highest BCUT2D eigenvalue weighted by molar-refractivity contribution is 9.08. The molecule has 33 heteroatoms. The molecule has 4 saturated heterocycles. The Hall–Kier alpha value is -0.220. The van der Waals surface area contributed by atoms with E-state index in [0.717, 1.165) is 153 Å². The molecule has 112 heavy (non-hydrogen) atoms. The van der Waals surface area contributed by atoms with Crippen LogP contribution in [-0.4, -0.2) is 363 Å². The molecule has 0 aromatic heterocycles. The summed E-state index contributed by atoms with van der Waals surface area (Å²) in [5.74, 6) is 7.22. The van der Waals surface area contributed by atoms with Crippen LogP contribution in [0.1, 0.15) is 183 Å². The van der Waals surface area contributed by atoms with Crippen molar-refractivity contribution in [3.05, 3.63) is 0 Å². The number of unbranched alkanes of at least 4 members (excludes halogenated alkanes) is 1. The Bertz CT molecular complexity index is 2180. The number of piperazine rings is 1. The van der Waals surface area contributed by atoms with Gasteiger partial charge in [0.2, 0.25) is 21.8 Å². The first-order chi connectivity index (χ1) is 53.6. The monoisotopic (exact) mass is 1790 g/mol. The molecule has 0 radical (unpaired) electrons. The van der Waals surface area contributed by atoms with Crippen molar-refractivity contribution in [1.82, 2.24) is 77.9 Å². The summed E-state index contributed by atoms with van der Waals surface area (Å²) in [6.07, 6.45) is 32.0. The van der Waals surface area contributed by atoms with Crippen LogP contribution >= 0.6 is 51.1 Å². The second kappa shape index (κ2) is 88.6. The minimum atomic E-state index is -3.02. The number of sulfonamides is 1. The number of hydrogen-bond acceptors (Lipinski definition) is 25. The number of sulfone groups is 1. The van der Waals surface area contributed by atoms with E-state index in [1.165, 1.54) is 121 Å². The highest BCUT2D eigenvalue weighted by Crippen LogP contribution is 2.22. The van der Waals surface area contributed by atoms with Crippen LogP contribution in [0.25, 0.3) is 0 Å². The summed E-state index contributed by atoms with van der Waals surface area (Å²) in [5.41, 5.74) is 0. The number of carbonyl (C=O) groups excluding carboxylic acids is 2. The summed E-state index contributed by atoms with van der Waals surface area (Å²) in [5, 5.41) is 34.8. The van der Waals surface area contributed by atoms with Crippen molar-refractivity contribution in [1.29, 1.82) is 0 Å². The zero-order chi connectivity index (χ0) is 86.2. The van der Waals surface area contributed by atoms with Crippen LogP contribution < -0.4 is 63.2 Å². The molecule has 12 N–H and O–H groups in total. The molecule has 680 valence electrons. The number of rotatable bonds is 27. The fourth-order valence-corrected chi connectivity index (χ4v) is 17.5. The number of alkyl halides is 2. The van der Waals surface area contributed by atoms with E-state index in [2.05, 4.69) is 166 Å². The van der Waals surface area contributed by atoms with Gasteiger partial charge < -0.3 is 87.2 Å². The highest BCUT2D eigenvalue weighted by Gasteiger charge is 2.27. The van der Waals surface area contributed by atoms with Gasteiger partial charge in [-0.05, 0) is 262 Å². The second-order valence-electron chi connectivity index (χ2n) is 28.8. The maximum atomic E-state index is 10.9. The molecule has 8 aliphatic rings. The van der Waals surface area contributed by atoms with Crippen molar-refractivity contribution < 1.29 is 49.6 Å². The zero-order valence-corrected chi connectivity index (χ0v) is 82.1. The lowest BCUT2D eigenvalue weighted by Gasteiger charge is -2.31. The quantitative estimate of drug-likeness (QED) is 0.0277. The molecule has 0 spiro atoms. The lowest BCUT2D eigenvalue weighted by molar-refractivity contribution is -0.120. The highest BCUT2D eigenvalue weighted by atomic mass is 79.9. The van der Waals surface area contributed by atoms with E-state index in [1.807, 2.05) is 67.6 Å². The third-order valence-electron chi connectivity index (χ3n) is 20.1. The third-order valence-corrected chi connectivity index (χ3v) is 25.0. The molecule has 8 rings (SSSR count). The van der Waals surface area contributed by atoms with Gasteiger partial charge in [0.25, 0.3) is 0 Å². The normalized spacial score (nSPS) is 23.9. The minimum absolute atomic E-state index is 0.0896. The number of nitrogens with zero attached hydrogens (tertiary/aromatic N) is 3. The number of carbonyl (C=O) groups is 2. The van der Waals surface area contributed by atoms with Gasteiger partial charge in [0.1, 0.15) is 9.84 Å². The lowest BCUT2D eigenvalue weighted by atomic mass is 9.91. The molecule has 4 aliphatic carbocycles. The van der Waals surface area contributed by atoms with Crippen molar-refractivity contribution in [2.45, 2.75) is 249 Å². The van der Waals surface area contributed by atoms with E-state index >= 15 is 0 Å². The maximum Gasteiger partial charge on any atom is 0.217 e. The Kier molecular flexibility index (Phi) is 96.9. The van der Waals surface area contributed by atoms with E-state index in [9.17, 15) is 30.6 Å². The number of amides is 2. The molecule has 0 aromatic rings. The zero-order valence-electron chi connectivity index (χ0n) is 75.7. The Balaban J connectivity index is -0.000000275. The summed E-state index contributed by atoms with van der Waals surface area (Å²) < 4.78 is 76.5. The van der Waals surface area contributed by atoms with Gasteiger partial charge >= 0.3 is 0 Å². The molecule has 2 amide bonds. The number of likely N-dealkylation sites (N-methyl/N-ethyl adjacent to an activating group) is 2. The van der Waals surface area contributed by atoms with Gasteiger partial charge in [-0.25, -0.2) is 21.6 Å². The molecule has 4 atom stereocenters. The predicted octanol–water partition coefficient (Wildman–Crippen LogP) is 7.71. The predicted molar refractivity (Wildman–Crippen MR) is 495 cm³/mol. The summed E-state index contributed by atoms with van der Waals surface area (Å²) in [6.45, 7) is 25.9. The SMILES string of the molecule is CBr.CCCCNC.CCN(CC)CCOC.CCOCCOC.CCl.CNC1CCC(NC(C)=O)C1.CNC1CCC(NC(C)=O)CC1.CNC1CCC(NC)CC1.CNC1CCC(NS(C)(=O)=O)C1.CNC1CCS(=O)(=O)CC1.CNC1CCS(=O)CC1.CNC1CCSCC1.COCCN1CCN(C)CC1.CSC. The Morgan fingerprint density at radius 2 is 0.893 bits per heavy atom. The number of halogens is 2. The van der Waals surface area contributed by atoms with Gasteiger partial charge in [-0.15, -0.1) is 11.6 Å². The molecule has 26 nitrogen and oxygen atoms in total. The fraction of sp³-hybridized carbons (Fsp3) is 0.975. The summed E-state index contributed by atoms with van der Waals surface area (Å²) in [7, 11) is 19.0. The maximum absolute atomic E-state index is 10.9. The molecule has 4 saturated carbocycles. The van der Waals surface area contributed by atoms with Crippen molar-refractivity contribution in [2.75, 3.05) is 249 Å². The third kappa shape index (κ3) is 82.1. The largest absolute Gasteiger partial charge is 0.383 e. The topological polar surface area (TPSA) is 310 Å². The molecule has 4 heterocycles. The van der Waals surface area contributed by atoms with Crippen molar-refractivity contribution >= 4 is 93.5 Å². The van der Waals surface area contributed by atoms with E-state index in [0.29, 0.717) is 67.0 Å². The average molecular weight is 1790 g/mol. The molecule has 4 aliphatic heterocycles. The molecule has 0 bridgehead atoms. The first-order valence-electron chi connectivity index (χ1n) is 41.6. The van der Waals surface area contributed by atoms with Crippen molar-refractivity contribution in [3.8, 4) is 0 Å². The van der Waals surface area contributed by atoms with Crippen LogP contribution in [-0.2, 0) is 59.2 Å². The Morgan fingerprint density at radius 3 is 1.23 bits per heavy atom. The van der Waals surface area contributed by atoms with Crippen LogP contribution in [0.3, 0.4) is 0 Å². The van der Waals surface area contributed by atoms with Crippen LogP contribution in [0.4, 0.5) is 0 Å². The molecule has 4 unspecified atom stereocenters. The van der Waals surface area contributed by atoms with Crippen LogP contribution in [0, 0.1) is 0 Å². The standard InChI is InChI=1S/C9H18N2O.C8H18N2O.C8H16N2O.C8H18N2.C7H16N2O2S.C7H17NO.C6H13NO2S.C6H13NOS.C6H13NS.C5H13N.C5H12O2.C2H6S.CH3Br.CH3Cl/c1-7(12)11-9-5-3-8(10-2)4-6-9;1-9-3-5-10(6-4-9)7-8-11-2;1-6(11)10-8-4-3-7(5-8)9-2;1-9-7-3-5-8(10-2)6-4-7;1-8-6-3-4-7(5-6)9-12(2,10)11;1-4-8(5-2)6-7-9-3;1-7-6-2-4-10(8,9)5-3-6;1-7-6-2-4-9(8)5-3-6;1-7-6-2-4-8-5-3-6;1-3-4-5-6-2;1-3-7-5-4-6-2;1-3-2;2*1-2/h8-10H,3-6H2,1-2H3,(H,11,12);3-8H2,1-2H3;7-9H,3-5H2,1-2H3,(H,10,11);7-10H,3-6H2,1-2H3;6-9H,3-5H2,1-2H3;4-7H2,1-3H3;6-7H,2-5H2,1H3;6-7H,2-5H2,1H3;6-7H,2-5H2,1H3;6H,3-5H2,1-2H3;3-5H2,1-2H3;1-2H3;2*1H3. The number of methoxy groups -OCH3 is 3. The van der Waals surface area contributed by atoms with E-state index in [4.69, 9.17) is 18.9 Å². The number of hydrogen-bond donors (Lipinski definition) is 12. The van der Waals surface area contributed by atoms with Gasteiger partial charge in [0.15, 0.2) is 0 Å². The summed E-state index contributed by atoms with van der Waals surface area (Å²) in [4.78, 5) is 28.5. The van der Waals surface area contributed by atoms with Gasteiger partial charge in [-0.2, -0.15) is 23.5 Å². The van der Waals surface area contributed by atoms with Gasteiger partial charge in [0, 0.05) is 176 Å². The van der Waals surface area contributed by atoms with E-state index in [-0.39, 0.29) is 17.9 Å². The van der Waals surface area contributed by atoms with Gasteiger partial charge in [0.05, 0.1) is 44.2 Å². The summed E-state index contributed by atoms with van der Waals surface area (Å²) >= 11 is 11.4. The minimum Gasteiger partial charge on any atom is -0.383 e. The molecule has 0 aromatic carbocycles. The number of nitrogens with one attached hydrogen (secondary N) is 12. The lowest BCUT2D eigenvalue weighted by Crippen LogP contribution is -2.45. The Labute approximate surface area is 714 Å². The van der Waals surface area contributed by atoms with Gasteiger partial charge in [-0.3, -0.25) is 18.7 Å². The average Bonchev–Trinajstić information content (AvgIpc) is 1.48. The van der Waals surface area contributed by atoms with Crippen LogP contribution in [0.2, 0.25) is 0 Å². The van der Waals surface area contributed by atoms with Gasteiger partial charge in [-0.1, -0.05) is 43.1 Å². The fourth-order valence-electron chi connectivity index (χ4n) is 12.7. The number of thioether (sulfide) groups is 2. The Morgan fingerprint density at radius 1 is 0.536 bits per heavy atom. The first-order valence-corrected chi connectivity index (χ1v) is 52.0. The van der Waals surface area contributed by atoms with Crippen molar-refractivity contribution in [3.63, 3.8) is 0 Å². The first kappa shape index (κ1) is 123. The molecular formula is C79H179BrClN15O11S5. The molecular weight excluding hydrogens is 1610 g/mol. The smallest absolute Gasteiger partial charge is 0.217 e. The number of ether oxygens (including phenoxy) is 4. The summed E-state index contributed by atoms with van der Waals surface area (Å²) in [6, 6.07) is 6.14. The van der Waals surface area contributed by atoms with Crippen LogP contribution in [0.15, 0.2) is 0 Å². The van der Waals surface area contributed by atoms with E-state index < -0.39 is 30.7 Å². The van der Waals surface area contributed by atoms with Crippen molar-refractivity contribution in [2.24, 2.45) is 0 Å².